The Bertz CT molecular complexity index is 1120. The Morgan fingerprint density at radius 3 is 2.13 bits per heavy atom. The number of amides is 1. The summed E-state index contributed by atoms with van der Waals surface area (Å²) < 4.78 is 32.1. The molecule has 10 nitrogen and oxygen atoms in total. The van der Waals surface area contributed by atoms with E-state index in [9.17, 15) is 14.4 Å². The first-order valence-electron chi connectivity index (χ1n) is 12.4. The molecule has 0 spiro atoms. The molecule has 0 saturated carbocycles. The second kappa shape index (κ2) is 13.6. The maximum absolute atomic E-state index is 13.2. The number of esters is 1. The summed E-state index contributed by atoms with van der Waals surface area (Å²) in [6.07, 6.45) is 3.04. The fourth-order valence-electron chi connectivity index (χ4n) is 4.49. The number of Topliss-reactive ketones (excluding diaryl/α,β-unsaturated/α-hetero) is 1. The lowest BCUT2D eigenvalue weighted by Crippen LogP contribution is -2.51. The normalized spacial score (nSPS) is 14.9. The van der Waals surface area contributed by atoms with E-state index in [-0.39, 0.29) is 30.2 Å². The van der Waals surface area contributed by atoms with E-state index in [1.807, 2.05) is 18.2 Å². The molecule has 0 N–H and O–H groups in total. The summed E-state index contributed by atoms with van der Waals surface area (Å²) in [4.78, 5) is 40.7. The molecular formula is C28H35NO9. The predicted molar refractivity (Wildman–Crippen MR) is 139 cm³/mol. The number of hydrogen-bond acceptors (Lipinski definition) is 9. The van der Waals surface area contributed by atoms with Gasteiger partial charge in [-0.05, 0) is 68.0 Å². The van der Waals surface area contributed by atoms with Crippen molar-refractivity contribution in [3.63, 3.8) is 0 Å². The molecule has 1 aliphatic rings. The lowest BCUT2D eigenvalue weighted by atomic mass is 10.00. The quantitative estimate of drug-likeness (QED) is 0.177. The fraction of sp³-hybridized carbons (Fsp3) is 0.464. The summed E-state index contributed by atoms with van der Waals surface area (Å²) in [5.41, 5.74) is 1.02. The Morgan fingerprint density at radius 2 is 1.53 bits per heavy atom. The number of carbonyl (C=O) groups is 3. The van der Waals surface area contributed by atoms with Gasteiger partial charge in [-0.15, -0.1) is 0 Å². The van der Waals surface area contributed by atoms with E-state index in [0.717, 1.165) is 17.7 Å². The van der Waals surface area contributed by atoms with E-state index in [2.05, 4.69) is 0 Å². The largest absolute Gasteiger partial charge is 0.497 e. The highest BCUT2D eigenvalue weighted by Gasteiger charge is 2.37. The van der Waals surface area contributed by atoms with Crippen molar-refractivity contribution >= 4 is 17.7 Å². The molecule has 10 heteroatoms. The van der Waals surface area contributed by atoms with Crippen molar-refractivity contribution in [3.05, 3.63) is 41.5 Å². The number of piperidine rings is 1. The minimum Gasteiger partial charge on any atom is -0.497 e. The summed E-state index contributed by atoms with van der Waals surface area (Å²) >= 11 is 0. The molecule has 206 valence electrons. The van der Waals surface area contributed by atoms with E-state index >= 15 is 0 Å². The minimum atomic E-state index is -0.825. The molecule has 1 aliphatic heterocycles. The maximum atomic E-state index is 13.2. The highest BCUT2D eigenvalue weighted by Crippen LogP contribution is 2.38. The molecule has 1 heterocycles. The molecule has 0 radical (unpaired) electrons. The molecule has 1 saturated heterocycles. The van der Waals surface area contributed by atoms with Crippen molar-refractivity contribution < 1.29 is 42.8 Å². The second-order valence-electron chi connectivity index (χ2n) is 8.70. The molecule has 2 aromatic rings. The first-order chi connectivity index (χ1) is 18.4. The van der Waals surface area contributed by atoms with Gasteiger partial charge in [0, 0.05) is 12.1 Å². The van der Waals surface area contributed by atoms with E-state index < -0.39 is 23.7 Å². The van der Waals surface area contributed by atoms with Gasteiger partial charge in [0.2, 0.25) is 5.75 Å². The van der Waals surface area contributed by atoms with Crippen LogP contribution in [0.1, 0.15) is 41.6 Å². The van der Waals surface area contributed by atoms with Crippen molar-refractivity contribution in [2.45, 2.75) is 38.1 Å². The number of likely N-dealkylation sites (tertiary alicyclic amines) is 1. The smallest absolute Gasteiger partial charge is 0.328 e. The summed E-state index contributed by atoms with van der Waals surface area (Å²) in [5.74, 6) is 0.197. The number of aryl methyl sites for hydroxylation is 1. The molecule has 1 atom stereocenters. The summed E-state index contributed by atoms with van der Waals surface area (Å²) in [7, 11) is 7.49. The molecule has 0 bridgehead atoms. The van der Waals surface area contributed by atoms with E-state index in [1.54, 1.807) is 14.2 Å². The SMILES string of the molecule is COc1ccc(OC)c(CCCOC(=O)C2CCCCN2C(=O)C(=O)c2cc(OC)c(OC)c(OC)c2)c1. The third kappa shape index (κ3) is 6.48. The lowest BCUT2D eigenvalue weighted by Gasteiger charge is -2.33. The van der Waals surface area contributed by atoms with Crippen LogP contribution in [0.2, 0.25) is 0 Å². The van der Waals surface area contributed by atoms with Gasteiger partial charge in [0.1, 0.15) is 17.5 Å². The van der Waals surface area contributed by atoms with Crippen LogP contribution in [0.15, 0.2) is 30.3 Å². The first-order valence-corrected chi connectivity index (χ1v) is 12.4. The van der Waals surface area contributed by atoms with Crippen molar-refractivity contribution in [1.82, 2.24) is 4.90 Å². The highest BCUT2D eigenvalue weighted by atomic mass is 16.5. The Balaban J connectivity index is 1.66. The molecule has 1 unspecified atom stereocenters. The summed E-state index contributed by atoms with van der Waals surface area (Å²) in [6, 6.07) is 7.55. The first kappa shape index (κ1) is 28.6. The zero-order valence-electron chi connectivity index (χ0n) is 22.5. The van der Waals surface area contributed by atoms with Crippen LogP contribution in [0.3, 0.4) is 0 Å². The molecule has 3 rings (SSSR count). The third-order valence-corrected chi connectivity index (χ3v) is 6.48. The third-order valence-electron chi connectivity index (χ3n) is 6.48. The van der Waals surface area contributed by atoms with E-state index in [4.69, 9.17) is 28.4 Å². The van der Waals surface area contributed by atoms with Gasteiger partial charge in [-0.1, -0.05) is 0 Å². The number of rotatable bonds is 12. The van der Waals surface area contributed by atoms with Gasteiger partial charge in [-0.2, -0.15) is 0 Å². The Hall–Kier alpha value is -3.95. The van der Waals surface area contributed by atoms with Gasteiger partial charge in [-0.25, -0.2) is 4.79 Å². The van der Waals surface area contributed by atoms with E-state index in [1.165, 1.54) is 38.4 Å². The number of nitrogens with zero attached hydrogens (tertiary/aromatic N) is 1. The monoisotopic (exact) mass is 529 g/mol. The molecular weight excluding hydrogens is 494 g/mol. The number of hydrogen-bond donors (Lipinski definition) is 0. The van der Waals surface area contributed by atoms with Crippen molar-refractivity contribution in [2.24, 2.45) is 0 Å². The van der Waals surface area contributed by atoms with Crippen LogP contribution in [0.5, 0.6) is 28.7 Å². The maximum Gasteiger partial charge on any atom is 0.328 e. The second-order valence-corrected chi connectivity index (χ2v) is 8.70. The van der Waals surface area contributed by atoms with Gasteiger partial charge in [0.25, 0.3) is 11.7 Å². The lowest BCUT2D eigenvalue weighted by molar-refractivity contribution is -0.155. The van der Waals surface area contributed by atoms with Crippen molar-refractivity contribution in [2.75, 3.05) is 48.7 Å². The van der Waals surface area contributed by atoms with Crippen LogP contribution in [-0.4, -0.2) is 77.3 Å². The summed E-state index contributed by atoms with van der Waals surface area (Å²) in [5, 5.41) is 0. The van der Waals surface area contributed by atoms with Gasteiger partial charge < -0.3 is 33.3 Å². The Morgan fingerprint density at radius 1 is 0.842 bits per heavy atom. The molecule has 38 heavy (non-hydrogen) atoms. The summed E-state index contributed by atoms with van der Waals surface area (Å²) in [6.45, 7) is 0.453. The number of benzene rings is 2. The van der Waals surface area contributed by atoms with Crippen LogP contribution in [0, 0.1) is 0 Å². The topological polar surface area (TPSA) is 110 Å². The average molecular weight is 530 g/mol. The highest BCUT2D eigenvalue weighted by molar-refractivity contribution is 6.43. The fourth-order valence-corrected chi connectivity index (χ4v) is 4.49. The van der Waals surface area contributed by atoms with Crippen LogP contribution in [0.4, 0.5) is 0 Å². The predicted octanol–water partition coefficient (Wildman–Crippen LogP) is 3.47. The molecule has 1 amide bonds. The van der Waals surface area contributed by atoms with E-state index in [0.29, 0.717) is 37.2 Å². The minimum absolute atomic E-state index is 0.0782. The van der Waals surface area contributed by atoms with Crippen LogP contribution >= 0.6 is 0 Å². The van der Waals surface area contributed by atoms with Crippen LogP contribution < -0.4 is 23.7 Å². The molecule has 2 aromatic carbocycles. The van der Waals surface area contributed by atoms with Crippen molar-refractivity contribution in [1.29, 1.82) is 0 Å². The Labute approximate surface area is 222 Å². The Kier molecular flexibility index (Phi) is 10.2. The number of methoxy groups -OCH3 is 5. The standard InChI is InChI=1S/C28H35NO9/c1-33-20-11-12-22(34-2)18(15-20)9-8-14-38-28(32)21-10-6-7-13-29(21)27(31)25(30)19-16-23(35-3)26(37-5)24(17-19)36-4/h11-12,15-17,21H,6-10,13-14H2,1-5H3. The zero-order valence-corrected chi connectivity index (χ0v) is 22.5. The van der Waals surface area contributed by atoms with Crippen LogP contribution in [-0.2, 0) is 20.7 Å². The van der Waals surface area contributed by atoms with Crippen LogP contribution in [0.25, 0.3) is 0 Å². The van der Waals surface area contributed by atoms with Crippen molar-refractivity contribution in [3.8, 4) is 28.7 Å². The number of ether oxygens (including phenoxy) is 6. The molecule has 1 fully saturated rings. The van der Waals surface area contributed by atoms with Gasteiger partial charge in [0.05, 0.1) is 42.2 Å². The number of carbonyl (C=O) groups excluding carboxylic acids is 3. The van der Waals surface area contributed by atoms with Gasteiger partial charge in [0.15, 0.2) is 11.5 Å². The zero-order chi connectivity index (χ0) is 27.7. The van der Waals surface area contributed by atoms with Gasteiger partial charge >= 0.3 is 5.97 Å². The number of ketones is 1. The average Bonchev–Trinajstić information content (AvgIpc) is 2.97. The van der Waals surface area contributed by atoms with Gasteiger partial charge in [-0.3, -0.25) is 9.59 Å². The molecule has 0 aromatic heterocycles. The molecule has 0 aliphatic carbocycles.